The van der Waals surface area contributed by atoms with Crippen molar-refractivity contribution in [2.45, 2.75) is 13.3 Å². The molecule has 132 valence electrons. The number of ether oxygens (including phenoxy) is 2. The zero-order valence-electron chi connectivity index (χ0n) is 14.1. The molecule has 0 saturated carbocycles. The van der Waals surface area contributed by atoms with E-state index in [2.05, 4.69) is 15.8 Å². The second-order valence-corrected chi connectivity index (χ2v) is 5.49. The van der Waals surface area contributed by atoms with Crippen molar-refractivity contribution in [2.75, 3.05) is 19.0 Å². The summed E-state index contributed by atoms with van der Waals surface area (Å²) in [4.78, 5) is 11.8. The largest absolute Gasteiger partial charge is 0.493 e. The lowest BCUT2D eigenvalue weighted by molar-refractivity contribution is 0.252. The van der Waals surface area contributed by atoms with Crippen LogP contribution in [0.25, 0.3) is 0 Å². The molecule has 2 aromatic carbocycles. The number of urea groups is 1. The van der Waals surface area contributed by atoms with Gasteiger partial charge < -0.3 is 14.8 Å². The molecule has 0 atom stereocenters. The van der Waals surface area contributed by atoms with Gasteiger partial charge in [0.2, 0.25) is 0 Å². The first kappa shape index (κ1) is 18.6. The molecule has 25 heavy (non-hydrogen) atoms. The third-order valence-electron chi connectivity index (χ3n) is 3.15. The van der Waals surface area contributed by atoms with E-state index in [1.54, 1.807) is 31.4 Å². The number of nitrogens with one attached hydrogen (secondary N) is 2. The number of methoxy groups -OCH3 is 1. The number of carbonyl (C=O) groups excluding carboxylic acids is 1. The van der Waals surface area contributed by atoms with Gasteiger partial charge in [-0.05, 0) is 42.8 Å². The van der Waals surface area contributed by atoms with Crippen molar-refractivity contribution in [1.82, 2.24) is 5.43 Å². The molecule has 0 unspecified atom stereocenters. The van der Waals surface area contributed by atoms with Crippen molar-refractivity contribution in [1.29, 1.82) is 0 Å². The topological polar surface area (TPSA) is 72.0 Å². The van der Waals surface area contributed by atoms with Crippen LogP contribution in [-0.2, 0) is 0 Å². The van der Waals surface area contributed by atoms with Crippen molar-refractivity contribution >= 4 is 29.5 Å². The molecule has 2 N–H and O–H groups in total. The summed E-state index contributed by atoms with van der Waals surface area (Å²) in [6.45, 7) is 2.58. The van der Waals surface area contributed by atoms with Crippen molar-refractivity contribution in [3.8, 4) is 11.5 Å². The molecule has 0 heterocycles. The highest BCUT2D eigenvalue weighted by atomic mass is 35.5. The summed E-state index contributed by atoms with van der Waals surface area (Å²) >= 11 is 5.80. The highest BCUT2D eigenvalue weighted by Gasteiger charge is 2.09. The zero-order valence-corrected chi connectivity index (χ0v) is 14.8. The third-order valence-corrected chi connectivity index (χ3v) is 3.40. The lowest BCUT2D eigenvalue weighted by Crippen LogP contribution is -2.24. The standard InChI is InChI=1S/C18H20ClN3O3/c1-3-11-25-17-13(5-4-6-16(17)24-2)12-20-22-18(23)21-15-9-7-14(19)8-10-15/h4-10,12H,3,11H2,1-2H3,(H2,21,22,23)/b20-12-. The Morgan fingerprint density at radius 1 is 1.24 bits per heavy atom. The van der Waals surface area contributed by atoms with Crippen LogP contribution in [0.5, 0.6) is 11.5 Å². The molecule has 0 aliphatic carbocycles. The molecule has 0 radical (unpaired) electrons. The fourth-order valence-electron chi connectivity index (χ4n) is 2.01. The van der Waals surface area contributed by atoms with Gasteiger partial charge in [0.1, 0.15) is 0 Å². The van der Waals surface area contributed by atoms with E-state index in [1.807, 2.05) is 25.1 Å². The van der Waals surface area contributed by atoms with E-state index < -0.39 is 6.03 Å². The van der Waals surface area contributed by atoms with Gasteiger partial charge in [-0.15, -0.1) is 0 Å². The minimum atomic E-state index is -0.461. The van der Waals surface area contributed by atoms with Crippen LogP contribution < -0.4 is 20.2 Å². The zero-order chi connectivity index (χ0) is 18.1. The predicted molar refractivity (Wildman–Crippen MR) is 100.0 cm³/mol. The Hall–Kier alpha value is -2.73. The second-order valence-electron chi connectivity index (χ2n) is 5.06. The van der Waals surface area contributed by atoms with Crippen LogP contribution in [0.4, 0.5) is 10.5 Å². The minimum Gasteiger partial charge on any atom is -0.493 e. The lowest BCUT2D eigenvalue weighted by atomic mass is 10.2. The predicted octanol–water partition coefficient (Wildman–Crippen LogP) is 4.29. The van der Waals surface area contributed by atoms with E-state index in [0.29, 0.717) is 34.4 Å². The number of nitrogens with zero attached hydrogens (tertiary/aromatic N) is 1. The third kappa shape index (κ3) is 5.69. The molecular formula is C18H20ClN3O3. The molecule has 2 aromatic rings. The smallest absolute Gasteiger partial charge is 0.339 e. The summed E-state index contributed by atoms with van der Waals surface area (Å²) < 4.78 is 11.0. The summed E-state index contributed by atoms with van der Waals surface area (Å²) in [6, 6.07) is 11.8. The van der Waals surface area contributed by atoms with Crippen LogP contribution in [-0.4, -0.2) is 26.0 Å². The second kappa shape index (κ2) is 9.54. The molecule has 2 amide bonds. The van der Waals surface area contributed by atoms with E-state index in [4.69, 9.17) is 21.1 Å². The maximum atomic E-state index is 11.8. The van der Waals surface area contributed by atoms with Gasteiger partial charge in [-0.2, -0.15) is 5.10 Å². The number of hydrogen-bond donors (Lipinski definition) is 2. The number of rotatable bonds is 7. The number of amides is 2. The minimum absolute atomic E-state index is 0.461. The molecule has 0 aromatic heterocycles. The molecule has 0 fully saturated rings. The number of halogens is 1. The van der Waals surface area contributed by atoms with Crippen LogP contribution in [0.15, 0.2) is 47.6 Å². The Bertz CT molecular complexity index is 733. The summed E-state index contributed by atoms with van der Waals surface area (Å²) in [5, 5.41) is 7.20. The van der Waals surface area contributed by atoms with Gasteiger partial charge in [0.25, 0.3) is 0 Å². The number of anilines is 1. The number of hydrazone groups is 1. The van der Waals surface area contributed by atoms with Crippen LogP contribution in [0.2, 0.25) is 5.02 Å². The van der Waals surface area contributed by atoms with Gasteiger partial charge in [-0.1, -0.05) is 24.6 Å². The van der Waals surface area contributed by atoms with E-state index in [1.165, 1.54) is 6.21 Å². The van der Waals surface area contributed by atoms with Crippen molar-refractivity contribution in [3.63, 3.8) is 0 Å². The normalized spacial score (nSPS) is 10.5. The summed E-state index contributed by atoms with van der Waals surface area (Å²) in [5.74, 6) is 1.21. The Balaban J connectivity index is 2.01. The van der Waals surface area contributed by atoms with Crippen LogP contribution in [0, 0.1) is 0 Å². The fourth-order valence-corrected chi connectivity index (χ4v) is 2.13. The first-order chi connectivity index (χ1) is 12.1. The SMILES string of the molecule is CCCOc1c(/C=N\NC(=O)Nc2ccc(Cl)cc2)cccc1OC. The molecule has 7 heteroatoms. The van der Waals surface area contributed by atoms with Crippen LogP contribution in [0.3, 0.4) is 0 Å². The molecule has 6 nitrogen and oxygen atoms in total. The summed E-state index contributed by atoms with van der Waals surface area (Å²) in [7, 11) is 1.58. The van der Waals surface area contributed by atoms with Gasteiger partial charge in [0.05, 0.1) is 19.9 Å². The Morgan fingerprint density at radius 2 is 2.00 bits per heavy atom. The Morgan fingerprint density at radius 3 is 2.68 bits per heavy atom. The fraction of sp³-hybridized carbons (Fsp3) is 0.222. The summed E-state index contributed by atoms with van der Waals surface area (Å²) in [6.07, 6.45) is 2.38. The molecule has 0 saturated heterocycles. The van der Waals surface area contributed by atoms with Crippen LogP contribution in [0.1, 0.15) is 18.9 Å². The average molecular weight is 362 g/mol. The number of carbonyl (C=O) groups is 1. The van der Waals surface area contributed by atoms with E-state index in [0.717, 1.165) is 6.42 Å². The van der Waals surface area contributed by atoms with E-state index in [-0.39, 0.29) is 0 Å². The van der Waals surface area contributed by atoms with Crippen LogP contribution >= 0.6 is 11.6 Å². The van der Waals surface area contributed by atoms with E-state index in [9.17, 15) is 4.79 Å². The van der Waals surface area contributed by atoms with E-state index >= 15 is 0 Å². The monoisotopic (exact) mass is 361 g/mol. The highest BCUT2D eigenvalue weighted by Crippen LogP contribution is 2.30. The average Bonchev–Trinajstić information content (AvgIpc) is 2.62. The maximum Gasteiger partial charge on any atom is 0.339 e. The molecule has 0 aliphatic rings. The first-order valence-electron chi connectivity index (χ1n) is 7.79. The molecular weight excluding hydrogens is 342 g/mol. The van der Waals surface area contributed by atoms with Crippen molar-refractivity contribution in [2.24, 2.45) is 5.10 Å². The summed E-state index contributed by atoms with van der Waals surface area (Å²) in [5.41, 5.74) is 3.73. The molecule has 0 aliphatic heterocycles. The van der Waals surface area contributed by atoms with Crippen molar-refractivity contribution in [3.05, 3.63) is 53.1 Å². The van der Waals surface area contributed by atoms with Crippen molar-refractivity contribution < 1.29 is 14.3 Å². The Labute approximate surface area is 151 Å². The van der Waals surface area contributed by atoms with Gasteiger partial charge in [0.15, 0.2) is 11.5 Å². The number of para-hydroxylation sites is 1. The quantitative estimate of drug-likeness (QED) is 0.570. The van der Waals surface area contributed by atoms with Gasteiger partial charge in [0, 0.05) is 16.3 Å². The number of hydrogen-bond acceptors (Lipinski definition) is 4. The lowest BCUT2D eigenvalue weighted by Gasteiger charge is -2.12. The van der Waals surface area contributed by atoms with Gasteiger partial charge in [-0.3, -0.25) is 0 Å². The first-order valence-corrected chi connectivity index (χ1v) is 8.17. The van der Waals surface area contributed by atoms with Gasteiger partial charge in [-0.25, -0.2) is 10.2 Å². The molecule has 2 rings (SSSR count). The molecule has 0 spiro atoms. The van der Waals surface area contributed by atoms with Gasteiger partial charge >= 0.3 is 6.03 Å². The highest BCUT2D eigenvalue weighted by molar-refractivity contribution is 6.30. The Kier molecular flexibility index (Phi) is 7.10. The molecule has 0 bridgehead atoms. The maximum absolute atomic E-state index is 11.8. The number of benzene rings is 2.